The van der Waals surface area contributed by atoms with Gasteiger partial charge in [-0.3, -0.25) is 9.59 Å². The Balaban J connectivity index is 0.987. The van der Waals surface area contributed by atoms with Gasteiger partial charge in [0.15, 0.2) is 0 Å². The van der Waals surface area contributed by atoms with Gasteiger partial charge in [-0.15, -0.1) is 0 Å². The molecule has 6 atom stereocenters. The number of nitrogens with one attached hydrogen (secondary N) is 4. The lowest BCUT2D eigenvalue weighted by atomic mass is 9.90. The predicted octanol–water partition coefficient (Wildman–Crippen LogP) is 6.13. The van der Waals surface area contributed by atoms with Gasteiger partial charge in [-0.2, -0.15) is 0 Å². The Hall–Kier alpha value is -6.14. The van der Waals surface area contributed by atoms with Gasteiger partial charge in [0.05, 0.1) is 30.6 Å². The summed E-state index contributed by atoms with van der Waals surface area (Å²) in [5.41, 5.74) is 5.01. The smallest absolute Gasteiger partial charge is 0.407 e. The fourth-order valence-corrected chi connectivity index (χ4v) is 8.62. The van der Waals surface area contributed by atoms with Crippen LogP contribution < -0.4 is 10.6 Å². The second kappa shape index (κ2) is 18.4. The summed E-state index contributed by atoms with van der Waals surface area (Å²) in [4.78, 5) is 71.2. The molecule has 4 amide bonds. The molecular weight excluding hydrogens is 765 g/mol. The number of likely N-dealkylation sites (tertiary alicyclic amines) is 2. The van der Waals surface area contributed by atoms with Crippen molar-refractivity contribution in [2.45, 2.75) is 77.5 Å². The molecule has 15 heteroatoms. The van der Waals surface area contributed by atoms with Gasteiger partial charge in [-0.1, -0.05) is 63.8 Å². The van der Waals surface area contributed by atoms with Crippen LogP contribution in [0.4, 0.5) is 9.59 Å². The van der Waals surface area contributed by atoms with Gasteiger partial charge in [0.1, 0.15) is 23.7 Å². The highest BCUT2D eigenvalue weighted by Gasteiger charge is 2.43. The zero-order valence-corrected chi connectivity index (χ0v) is 34.7. The molecule has 7 rings (SSSR count). The van der Waals surface area contributed by atoms with Crippen molar-refractivity contribution < 1.29 is 33.8 Å². The summed E-state index contributed by atoms with van der Waals surface area (Å²) >= 11 is 0. The highest BCUT2D eigenvalue weighted by atomic mass is 16.5. The third-order valence-electron chi connectivity index (χ3n) is 11.8. The van der Waals surface area contributed by atoms with Crippen molar-refractivity contribution in [1.29, 1.82) is 0 Å². The molecule has 4 aromatic rings. The summed E-state index contributed by atoms with van der Waals surface area (Å²) in [7, 11) is 1.29. The summed E-state index contributed by atoms with van der Waals surface area (Å²) in [6, 6.07) is 13.6. The van der Waals surface area contributed by atoms with E-state index in [0.717, 1.165) is 46.5 Å². The molecule has 0 spiro atoms. The first-order valence-electron chi connectivity index (χ1n) is 20.7. The van der Waals surface area contributed by atoms with E-state index in [0.29, 0.717) is 50.8 Å². The molecule has 2 aromatic heterocycles. The number of hydrogen-bond acceptors (Lipinski definition) is 8. The van der Waals surface area contributed by atoms with Crippen LogP contribution in [-0.2, 0) is 19.1 Å². The van der Waals surface area contributed by atoms with Crippen LogP contribution >= 0.6 is 0 Å². The number of H-pyrrole nitrogens is 2. The van der Waals surface area contributed by atoms with Crippen molar-refractivity contribution in [2.75, 3.05) is 33.4 Å². The zero-order chi connectivity index (χ0) is 42.5. The molecule has 0 aliphatic carbocycles. The molecule has 0 bridgehead atoms. The Morgan fingerprint density at radius 1 is 0.783 bits per heavy atom. The van der Waals surface area contributed by atoms with Gasteiger partial charge in [-0.25, -0.2) is 19.6 Å². The SMILES string of the molecule is COC(=O)N[C@H](C(=O)N1CC(C)CC1c1nc(-c2ccc(C#Cc3ccc(-c4c[nH]c([C@@H]5C[C@H](C)CN5C(=O)[C@@H](NC(=O)O)C5CCOCC5)n4)cc3)cc2)c[nH]1)C(C)C. The Morgan fingerprint density at radius 3 is 1.72 bits per heavy atom. The standard InChI is InChI=1S/C45H54N8O7/c1-26(2)38(51-45(58)59-5)42(54)52-24-27(3)20-36(52)40-46-22-34(48-40)31-12-8-29(9-13-31)6-7-30-10-14-32(15-11-30)35-23-47-41(49-35)37-21-28(4)25-53(37)43(55)39(50-44(56)57)33-16-18-60-19-17-33/h8-15,22-23,26-28,33,36-39,50H,16-21,24-25H2,1-5H3,(H,46,48)(H,47,49)(H,51,58)(H,56,57)/t27?,28-,36?,37-,38-,39-/m0/s1. The minimum Gasteiger partial charge on any atom is -0.465 e. The largest absolute Gasteiger partial charge is 0.465 e. The quantitative estimate of drug-likeness (QED) is 0.117. The number of benzene rings is 2. The molecule has 0 saturated carbocycles. The first-order valence-corrected chi connectivity index (χ1v) is 20.7. The molecule has 2 aromatic carbocycles. The molecule has 5 N–H and O–H groups in total. The number of carbonyl (C=O) groups excluding carboxylic acids is 3. The van der Waals surface area contributed by atoms with Crippen molar-refractivity contribution in [3.8, 4) is 34.4 Å². The highest BCUT2D eigenvalue weighted by molar-refractivity contribution is 5.87. The van der Waals surface area contributed by atoms with Gasteiger partial charge in [-0.05, 0) is 73.6 Å². The van der Waals surface area contributed by atoms with Crippen LogP contribution in [0.2, 0.25) is 0 Å². The molecule has 0 radical (unpaired) electrons. The number of rotatable bonds is 10. The molecule has 3 aliphatic heterocycles. The Labute approximate surface area is 350 Å². The zero-order valence-electron chi connectivity index (χ0n) is 34.7. The fraction of sp³-hybridized carbons (Fsp3) is 0.467. The summed E-state index contributed by atoms with van der Waals surface area (Å²) in [5.74, 6) is 7.77. The lowest BCUT2D eigenvalue weighted by Gasteiger charge is -2.33. The summed E-state index contributed by atoms with van der Waals surface area (Å²) < 4.78 is 10.2. The highest BCUT2D eigenvalue weighted by Crippen LogP contribution is 2.38. The maximum atomic E-state index is 13.9. The molecule has 2 unspecified atom stereocenters. The number of carboxylic acid groups (broad SMARTS) is 1. The molecule has 5 heterocycles. The van der Waals surface area contributed by atoms with Crippen molar-refractivity contribution in [1.82, 2.24) is 40.4 Å². The minimum atomic E-state index is -1.21. The van der Waals surface area contributed by atoms with E-state index in [-0.39, 0.29) is 47.6 Å². The number of carbonyl (C=O) groups is 4. The molecule has 316 valence electrons. The molecule has 3 fully saturated rings. The number of hydrogen-bond donors (Lipinski definition) is 5. The summed E-state index contributed by atoms with van der Waals surface area (Å²) in [6.45, 7) is 10.1. The summed E-state index contributed by atoms with van der Waals surface area (Å²) in [5, 5.41) is 14.8. The van der Waals surface area contributed by atoms with E-state index in [1.807, 2.05) is 79.7 Å². The first-order chi connectivity index (χ1) is 28.9. The second-order valence-electron chi connectivity index (χ2n) is 16.7. The number of aromatic amines is 2. The average Bonchev–Trinajstić information content (AvgIpc) is 4.08. The third-order valence-corrected chi connectivity index (χ3v) is 11.8. The summed E-state index contributed by atoms with van der Waals surface area (Å²) in [6.07, 6.45) is 4.59. The van der Waals surface area contributed by atoms with E-state index in [2.05, 4.69) is 46.3 Å². The van der Waals surface area contributed by atoms with Crippen molar-refractivity contribution in [3.63, 3.8) is 0 Å². The second-order valence-corrected chi connectivity index (χ2v) is 16.7. The van der Waals surface area contributed by atoms with Crippen LogP contribution in [0, 0.1) is 35.5 Å². The van der Waals surface area contributed by atoms with Gasteiger partial charge in [0.25, 0.3) is 0 Å². The average molecular weight is 819 g/mol. The van der Waals surface area contributed by atoms with E-state index in [1.165, 1.54) is 7.11 Å². The molecule has 3 saturated heterocycles. The predicted molar refractivity (Wildman–Crippen MR) is 223 cm³/mol. The van der Waals surface area contributed by atoms with E-state index < -0.39 is 24.3 Å². The van der Waals surface area contributed by atoms with E-state index in [1.54, 1.807) is 4.90 Å². The first kappa shape index (κ1) is 42.0. The van der Waals surface area contributed by atoms with E-state index in [4.69, 9.17) is 19.4 Å². The fourth-order valence-electron chi connectivity index (χ4n) is 8.62. The monoisotopic (exact) mass is 818 g/mol. The Morgan fingerprint density at radius 2 is 1.27 bits per heavy atom. The van der Waals surface area contributed by atoms with Gasteiger partial charge >= 0.3 is 12.2 Å². The van der Waals surface area contributed by atoms with Crippen molar-refractivity contribution in [2.24, 2.45) is 23.7 Å². The number of aromatic nitrogens is 4. The van der Waals surface area contributed by atoms with Gasteiger partial charge < -0.3 is 45.0 Å². The number of nitrogens with zero attached hydrogens (tertiary/aromatic N) is 4. The molecule has 60 heavy (non-hydrogen) atoms. The van der Waals surface area contributed by atoms with Crippen molar-refractivity contribution in [3.05, 3.63) is 83.7 Å². The maximum absolute atomic E-state index is 13.9. The van der Waals surface area contributed by atoms with Crippen LogP contribution in [0.3, 0.4) is 0 Å². The topological polar surface area (TPSA) is 195 Å². The number of ether oxygens (including phenoxy) is 2. The van der Waals surface area contributed by atoms with Gasteiger partial charge in [0, 0.05) is 61.0 Å². The minimum absolute atomic E-state index is 0.120. The van der Waals surface area contributed by atoms with Crippen LogP contribution in [0.25, 0.3) is 22.5 Å². The molecular formula is C45H54N8O7. The van der Waals surface area contributed by atoms with Crippen LogP contribution in [0.15, 0.2) is 60.9 Å². The molecule has 15 nitrogen and oxygen atoms in total. The molecule has 3 aliphatic rings. The number of alkyl carbamates (subject to hydrolysis) is 1. The van der Waals surface area contributed by atoms with Crippen molar-refractivity contribution >= 4 is 24.0 Å². The van der Waals surface area contributed by atoms with E-state index >= 15 is 0 Å². The van der Waals surface area contributed by atoms with E-state index in [9.17, 15) is 24.3 Å². The van der Waals surface area contributed by atoms with Crippen LogP contribution in [-0.4, -0.2) is 104 Å². The lowest BCUT2D eigenvalue weighted by molar-refractivity contribution is -0.137. The third kappa shape index (κ3) is 9.50. The lowest BCUT2D eigenvalue weighted by Crippen LogP contribution is -2.53. The van der Waals surface area contributed by atoms with Gasteiger partial charge in [0.2, 0.25) is 11.8 Å². The number of methoxy groups -OCH3 is 1. The number of amides is 4. The normalized spacial score (nSPS) is 21.6. The van der Waals surface area contributed by atoms with Crippen LogP contribution in [0.1, 0.15) is 88.2 Å². The Kier molecular flexibility index (Phi) is 12.9. The van der Waals surface area contributed by atoms with Crippen LogP contribution in [0.5, 0.6) is 0 Å². The Bertz CT molecular complexity index is 2220. The number of imidazole rings is 2. The maximum Gasteiger partial charge on any atom is 0.407 e.